The molecule has 1 aliphatic rings. The van der Waals surface area contributed by atoms with Crippen LogP contribution in [-0.4, -0.2) is 28.6 Å². The molecule has 2 rings (SSSR count). The van der Waals surface area contributed by atoms with Gasteiger partial charge < -0.3 is 4.90 Å². The highest BCUT2D eigenvalue weighted by Crippen LogP contribution is 2.29. The van der Waals surface area contributed by atoms with Gasteiger partial charge >= 0.3 is 0 Å². The van der Waals surface area contributed by atoms with Gasteiger partial charge in [-0.15, -0.1) is 0 Å². The Morgan fingerprint density at radius 2 is 1.40 bits per heavy atom. The molecular formula is C16H26N4. The summed E-state index contributed by atoms with van der Waals surface area (Å²) in [5, 5.41) is 0. The first-order valence-corrected chi connectivity index (χ1v) is 7.12. The highest BCUT2D eigenvalue weighted by atomic mass is 15.4. The van der Waals surface area contributed by atoms with Crippen LogP contribution in [-0.2, 0) is 10.8 Å². The third kappa shape index (κ3) is 3.11. The maximum atomic E-state index is 4.77. The molecule has 1 aliphatic heterocycles. The van der Waals surface area contributed by atoms with Crippen molar-refractivity contribution in [2.75, 3.05) is 18.6 Å². The minimum absolute atomic E-state index is 0.0209. The SMILES string of the molecule is CN1C=CN(c2nc(C(C)(C)C)cc(C(C)(C)C)n2)C1. The number of hydrogen-bond donors (Lipinski definition) is 0. The van der Waals surface area contributed by atoms with Crippen molar-refractivity contribution in [2.45, 2.75) is 52.4 Å². The predicted molar refractivity (Wildman–Crippen MR) is 83.7 cm³/mol. The topological polar surface area (TPSA) is 32.3 Å². The Bertz CT molecular complexity index is 488. The molecule has 0 saturated heterocycles. The zero-order valence-corrected chi connectivity index (χ0v) is 13.7. The summed E-state index contributed by atoms with van der Waals surface area (Å²) in [4.78, 5) is 13.7. The van der Waals surface area contributed by atoms with Crippen LogP contribution < -0.4 is 4.90 Å². The Hall–Kier alpha value is -1.58. The first-order valence-electron chi connectivity index (χ1n) is 7.12. The first kappa shape index (κ1) is 14.8. The van der Waals surface area contributed by atoms with Crippen molar-refractivity contribution in [2.24, 2.45) is 0 Å². The van der Waals surface area contributed by atoms with Crippen LogP contribution in [0.15, 0.2) is 18.5 Å². The summed E-state index contributed by atoms with van der Waals surface area (Å²) in [5.74, 6) is 0.794. The van der Waals surface area contributed by atoms with Crippen molar-refractivity contribution in [3.63, 3.8) is 0 Å². The van der Waals surface area contributed by atoms with Crippen molar-refractivity contribution in [3.05, 3.63) is 29.9 Å². The van der Waals surface area contributed by atoms with E-state index in [0.29, 0.717) is 0 Å². The standard InChI is InChI=1S/C16H26N4/c1-15(2,3)12-10-13(16(4,5)6)18-14(17-12)20-9-8-19(7)11-20/h8-10H,11H2,1-7H3. The van der Waals surface area contributed by atoms with Crippen LogP contribution in [0, 0.1) is 0 Å². The van der Waals surface area contributed by atoms with E-state index in [2.05, 4.69) is 64.5 Å². The van der Waals surface area contributed by atoms with Gasteiger partial charge in [-0.1, -0.05) is 41.5 Å². The second-order valence-corrected chi connectivity index (χ2v) is 7.60. The molecule has 4 nitrogen and oxygen atoms in total. The second-order valence-electron chi connectivity index (χ2n) is 7.60. The smallest absolute Gasteiger partial charge is 0.231 e. The Morgan fingerprint density at radius 3 is 1.75 bits per heavy atom. The Labute approximate surface area is 122 Å². The fourth-order valence-electron chi connectivity index (χ4n) is 1.99. The van der Waals surface area contributed by atoms with Crippen LogP contribution in [0.3, 0.4) is 0 Å². The summed E-state index contributed by atoms with van der Waals surface area (Å²) < 4.78 is 0. The molecule has 110 valence electrons. The minimum atomic E-state index is 0.0209. The van der Waals surface area contributed by atoms with Gasteiger partial charge in [-0.05, 0) is 6.07 Å². The maximum Gasteiger partial charge on any atom is 0.231 e. The minimum Gasteiger partial charge on any atom is -0.361 e. The van der Waals surface area contributed by atoms with Crippen LogP contribution >= 0.6 is 0 Å². The van der Waals surface area contributed by atoms with Gasteiger partial charge in [-0.2, -0.15) is 0 Å². The number of anilines is 1. The largest absolute Gasteiger partial charge is 0.361 e. The molecule has 0 atom stereocenters. The lowest BCUT2D eigenvalue weighted by Crippen LogP contribution is -2.27. The fraction of sp³-hybridized carbons (Fsp3) is 0.625. The molecule has 0 spiro atoms. The molecule has 0 unspecified atom stereocenters. The molecule has 0 amide bonds. The number of aromatic nitrogens is 2. The summed E-state index contributed by atoms with van der Waals surface area (Å²) in [6.07, 6.45) is 4.08. The number of nitrogens with zero attached hydrogens (tertiary/aromatic N) is 4. The van der Waals surface area contributed by atoms with Crippen molar-refractivity contribution in [1.82, 2.24) is 14.9 Å². The average molecular weight is 274 g/mol. The molecule has 0 aromatic carbocycles. The van der Waals surface area contributed by atoms with E-state index >= 15 is 0 Å². The lowest BCUT2D eigenvalue weighted by Gasteiger charge is -2.26. The summed E-state index contributed by atoms with van der Waals surface area (Å²) in [5.41, 5.74) is 2.23. The molecule has 0 bridgehead atoms. The molecule has 4 heteroatoms. The van der Waals surface area contributed by atoms with Crippen LogP contribution in [0.2, 0.25) is 0 Å². The van der Waals surface area contributed by atoms with Gasteiger partial charge in [0.25, 0.3) is 0 Å². The third-order valence-electron chi connectivity index (χ3n) is 3.38. The molecular weight excluding hydrogens is 248 g/mol. The molecule has 0 radical (unpaired) electrons. The van der Waals surface area contributed by atoms with Gasteiger partial charge in [0.1, 0.15) is 0 Å². The van der Waals surface area contributed by atoms with Crippen LogP contribution in [0.4, 0.5) is 5.95 Å². The second kappa shape index (κ2) is 4.76. The lowest BCUT2D eigenvalue weighted by atomic mass is 9.86. The van der Waals surface area contributed by atoms with E-state index < -0.39 is 0 Å². The van der Waals surface area contributed by atoms with Gasteiger partial charge in [-0.3, -0.25) is 4.90 Å². The van der Waals surface area contributed by atoms with Gasteiger partial charge in [-0.25, -0.2) is 9.97 Å². The summed E-state index contributed by atoms with van der Waals surface area (Å²) >= 11 is 0. The van der Waals surface area contributed by atoms with Crippen molar-refractivity contribution in [1.29, 1.82) is 0 Å². The van der Waals surface area contributed by atoms with E-state index in [0.717, 1.165) is 24.0 Å². The summed E-state index contributed by atoms with van der Waals surface area (Å²) in [6.45, 7) is 14.0. The summed E-state index contributed by atoms with van der Waals surface area (Å²) in [6, 6.07) is 2.15. The van der Waals surface area contributed by atoms with Crippen LogP contribution in [0.1, 0.15) is 52.9 Å². The van der Waals surface area contributed by atoms with Gasteiger partial charge in [0.05, 0.1) is 18.1 Å². The number of rotatable bonds is 1. The van der Waals surface area contributed by atoms with Crippen molar-refractivity contribution < 1.29 is 0 Å². The van der Waals surface area contributed by atoms with E-state index in [1.807, 2.05) is 12.4 Å². The van der Waals surface area contributed by atoms with Crippen LogP contribution in [0.25, 0.3) is 0 Å². The third-order valence-corrected chi connectivity index (χ3v) is 3.38. The van der Waals surface area contributed by atoms with E-state index in [1.165, 1.54) is 0 Å². The van der Waals surface area contributed by atoms with Crippen LogP contribution in [0.5, 0.6) is 0 Å². The van der Waals surface area contributed by atoms with Gasteiger partial charge in [0.15, 0.2) is 0 Å². The monoisotopic (exact) mass is 274 g/mol. The normalized spacial score (nSPS) is 16.1. The van der Waals surface area contributed by atoms with Crippen molar-refractivity contribution >= 4 is 5.95 Å². The zero-order valence-electron chi connectivity index (χ0n) is 13.7. The summed E-state index contributed by atoms with van der Waals surface area (Å²) in [7, 11) is 2.05. The molecule has 1 aromatic rings. The molecule has 0 fully saturated rings. The van der Waals surface area contributed by atoms with E-state index in [4.69, 9.17) is 9.97 Å². The highest BCUT2D eigenvalue weighted by Gasteiger charge is 2.25. The molecule has 0 aliphatic carbocycles. The lowest BCUT2D eigenvalue weighted by molar-refractivity contribution is 0.488. The fourth-order valence-corrected chi connectivity index (χ4v) is 1.99. The molecule has 0 N–H and O–H groups in total. The first-order chi connectivity index (χ1) is 9.07. The quantitative estimate of drug-likeness (QED) is 0.787. The Balaban J connectivity index is 2.49. The average Bonchev–Trinajstić information content (AvgIpc) is 2.73. The van der Waals surface area contributed by atoms with E-state index in [9.17, 15) is 0 Å². The molecule has 2 heterocycles. The van der Waals surface area contributed by atoms with E-state index in [1.54, 1.807) is 0 Å². The highest BCUT2D eigenvalue weighted by molar-refractivity contribution is 5.40. The number of hydrogen-bond acceptors (Lipinski definition) is 4. The van der Waals surface area contributed by atoms with Crippen molar-refractivity contribution in [3.8, 4) is 0 Å². The Morgan fingerprint density at radius 1 is 0.900 bits per heavy atom. The van der Waals surface area contributed by atoms with E-state index in [-0.39, 0.29) is 10.8 Å². The molecule has 1 aromatic heterocycles. The molecule has 0 saturated carbocycles. The maximum absolute atomic E-state index is 4.77. The molecule has 20 heavy (non-hydrogen) atoms. The zero-order chi connectivity index (χ0) is 15.1. The Kier molecular flexibility index (Phi) is 3.53. The van der Waals surface area contributed by atoms with Gasteiger partial charge in [0, 0.05) is 30.3 Å². The predicted octanol–water partition coefficient (Wildman–Crippen LogP) is 3.25. The van der Waals surface area contributed by atoms with Gasteiger partial charge in [0.2, 0.25) is 5.95 Å².